The fourth-order valence-corrected chi connectivity index (χ4v) is 3.24. The van der Waals surface area contributed by atoms with Gasteiger partial charge in [-0.25, -0.2) is 4.39 Å². The summed E-state index contributed by atoms with van der Waals surface area (Å²) in [5.74, 6) is 0.251. The van der Waals surface area contributed by atoms with Crippen LogP contribution in [0.3, 0.4) is 0 Å². The van der Waals surface area contributed by atoms with Crippen molar-refractivity contribution in [1.29, 1.82) is 0 Å². The SMILES string of the molecule is CC1CCCC(C(=O)c2cccc(F)c2)(N(C)C)C1. The molecule has 2 nitrogen and oxygen atoms in total. The van der Waals surface area contributed by atoms with Crippen molar-refractivity contribution in [2.75, 3.05) is 14.1 Å². The van der Waals surface area contributed by atoms with E-state index in [0.717, 1.165) is 19.3 Å². The molecule has 1 aromatic carbocycles. The zero-order valence-electron chi connectivity index (χ0n) is 11.9. The lowest BCUT2D eigenvalue weighted by Crippen LogP contribution is -2.53. The Morgan fingerprint density at radius 2 is 2.16 bits per heavy atom. The van der Waals surface area contributed by atoms with Crippen LogP contribution in [0.1, 0.15) is 43.0 Å². The van der Waals surface area contributed by atoms with Gasteiger partial charge in [0, 0.05) is 5.56 Å². The van der Waals surface area contributed by atoms with Crippen LogP contribution in [0, 0.1) is 11.7 Å². The number of carbonyl (C=O) groups is 1. The van der Waals surface area contributed by atoms with Gasteiger partial charge in [0.2, 0.25) is 0 Å². The zero-order valence-corrected chi connectivity index (χ0v) is 11.9. The number of ketones is 1. The second-order valence-electron chi connectivity index (χ2n) is 5.97. The number of halogens is 1. The number of hydrogen-bond donors (Lipinski definition) is 0. The molecule has 0 aromatic heterocycles. The molecule has 0 N–H and O–H groups in total. The molecular weight excluding hydrogens is 241 g/mol. The summed E-state index contributed by atoms with van der Waals surface area (Å²) in [5, 5.41) is 0. The van der Waals surface area contributed by atoms with E-state index in [9.17, 15) is 9.18 Å². The number of nitrogens with zero attached hydrogens (tertiary/aromatic N) is 1. The van der Waals surface area contributed by atoms with E-state index < -0.39 is 5.54 Å². The lowest BCUT2D eigenvalue weighted by Gasteiger charge is -2.43. The van der Waals surface area contributed by atoms with Crippen LogP contribution in [0.4, 0.5) is 4.39 Å². The predicted molar refractivity (Wildman–Crippen MR) is 74.8 cm³/mol. The molecule has 0 aliphatic heterocycles. The highest BCUT2D eigenvalue weighted by Gasteiger charge is 2.43. The highest BCUT2D eigenvalue weighted by atomic mass is 19.1. The Kier molecular flexibility index (Phi) is 4.04. The Hall–Kier alpha value is -1.22. The number of likely N-dealkylation sites (N-methyl/N-ethyl adjacent to an activating group) is 1. The van der Waals surface area contributed by atoms with Crippen molar-refractivity contribution in [1.82, 2.24) is 4.90 Å². The Bertz CT molecular complexity index is 472. The van der Waals surface area contributed by atoms with Crippen molar-refractivity contribution in [3.8, 4) is 0 Å². The molecule has 0 amide bonds. The molecular formula is C16H22FNO. The summed E-state index contributed by atoms with van der Waals surface area (Å²) in [6.45, 7) is 2.19. The lowest BCUT2D eigenvalue weighted by molar-refractivity contribution is 0.0486. The first kappa shape index (κ1) is 14.2. The molecule has 2 atom stereocenters. The van der Waals surface area contributed by atoms with E-state index in [0.29, 0.717) is 11.5 Å². The average Bonchev–Trinajstić information content (AvgIpc) is 2.37. The maximum absolute atomic E-state index is 13.3. The predicted octanol–water partition coefficient (Wildman–Crippen LogP) is 3.52. The molecule has 19 heavy (non-hydrogen) atoms. The number of hydrogen-bond acceptors (Lipinski definition) is 2. The Morgan fingerprint density at radius 1 is 1.42 bits per heavy atom. The van der Waals surface area contributed by atoms with Gasteiger partial charge in [0.1, 0.15) is 5.82 Å². The molecule has 1 aliphatic rings. The van der Waals surface area contributed by atoms with Gasteiger partial charge in [-0.2, -0.15) is 0 Å². The molecule has 1 aliphatic carbocycles. The Labute approximate surface area is 114 Å². The smallest absolute Gasteiger partial charge is 0.183 e. The summed E-state index contributed by atoms with van der Waals surface area (Å²) in [6.07, 6.45) is 3.95. The maximum atomic E-state index is 13.3. The standard InChI is InChI=1S/C16H22FNO/c1-12-6-5-9-16(11-12,18(2)3)15(19)13-7-4-8-14(17)10-13/h4,7-8,10,12H,5-6,9,11H2,1-3H3. The molecule has 0 saturated heterocycles. The Morgan fingerprint density at radius 3 is 2.74 bits per heavy atom. The fourth-order valence-electron chi connectivity index (χ4n) is 3.24. The first-order chi connectivity index (χ1) is 8.95. The van der Waals surface area contributed by atoms with Crippen molar-refractivity contribution in [2.45, 2.75) is 38.1 Å². The lowest BCUT2D eigenvalue weighted by atomic mass is 9.71. The first-order valence-corrected chi connectivity index (χ1v) is 6.93. The van der Waals surface area contributed by atoms with Gasteiger partial charge in [-0.15, -0.1) is 0 Å². The summed E-state index contributed by atoms with van der Waals surface area (Å²) in [7, 11) is 3.91. The summed E-state index contributed by atoms with van der Waals surface area (Å²) < 4.78 is 13.3. The van der Waals surface area contributed by atoms with Crippen LogP contribution < -0.4 is 0 Å². The van der Waals surface area contributed by atoms with Crippen LogP contribution in [0.2, 0.25) is 0 Å². The van der Waals surface area contributed by atoms with Gasteiger partial charge in [0.05, 0.1) is 5.54 Å². The molecule has 0 bridgehead atoms. The monoisotopic (exact) mass is 263 g/mol. The summed E-state index contributed by atoms with van der Waals surface area (Å²) in [6, 6.07) is 6.06. The van der Waals surface area contributed by atoms with E-state index in [-0.39, 0.29) is 11.6 Å². The van der Waals surface area contributed by atoms with E-state index >= 15 is 0 Å². The van der Waals surface area contributed by atoms with Crippen LogP contribution in [-0.4, -0.2) is 30.3 Å². The van der Waals surface area contributed by atoms with Crippen LogP contribution in [0.25, 0.3) is 0 Å². The normalized spacial score (nSPS) is 27.5. The molecule has 1 fully saturated rings. The number of benzene rings is 1. The highest BCUT2D eigenvalue weighted by Crippen LogP contribution is 2.38. The van der Waals surface area contributed by atoms with E-state index in [2.05, 4.69) is 6.92 Å². The van der Waals surface area contributed by atoms with Crippen LogP contribution in [0.5, 0.6) is 0 Å². The van der Waals surface area contributed by atoms with Gasteiger partial charge in [-0.3, -0.25) is 9.69 Å². The fraction of sp³-hybridized carbons (Fsp3) is 0.562. The largest absolute Gasteiger partial charge is 0.297 e. The average molecular weight is 263 g/mol. The third-order valence-electron chi connectivity index (χ3n) is 4.34. The third kappa shape index (κ3) is 2.71. The van der Waals surface area contributed by atoms with Gasteiger partial charge in [0.25, 0.3) is 0 Å². The summed E-state index contributed by atoms with van der Waals surface area (Å²) in [4.78, 5) is 14.9. The minimum atomic E-state index is -0.467. The minimum Gasteiger partial charge on any atom is -0.297 e. The molecule has 0 spiro atoms. The number of carbonyl (C=O) groups excluding carboxylic acids is 1. The molecule has 0 heterocycles. The van der Waals surface area contributed by atoms with Gasteiger partial charge >= 0.3 is 0 Å². The maximum Gasteiger partial charge on any atom is 0.183 e. The van der Waals surface area contributed by atoms with Crippen molar-refractivity contribution in [3.05, 3.63) is 35.6 Å². The van der Waals surface area contributed by atoms with Crippen LogP contribution >= 0.6 is 0 Å². The van der Waals surface area contributed by atoms with Crippen molar-refractivity contribution in [2.24, 2.45) is 5.92 Å². The van der Waals surface area contributed by atoms with Gasteiger partial charge < -0.3 is 0 Å². The second-order valence-corrected chi connectivity index (χ2v) is 5.97. The van der Waals surface area contributed by atoms with E-state index in [1.54, 1.807) is 12.1 Å². The molecule has 1 saturated carbocycles. The second kappa shape index (κ2) is 5.41. The molecule has 2 unspecified atom stereocenters. The van der Waals surface area contributed by atoms with Gasteiger partial charge in [-0.05, 0) is 45.0 Å². The quantitative estimate of drug-likeness (QED) is 0.778. The van der Waals surface area contributed by atoms with E-state index in [1.807, 2.05) is 19.0 Å². The molecule has 0 radical (unpaired) electrons. The van der Waals surface area contributed by atoms with Crippen molar-refractivity contribution >= 4 is 5.78 Å². The van der Waals surface area contributed by atoms with E-state index in [1.165, 1.54) is 18.6 Å². The van der Waals surface area contributed by atoms with E-state index in [4.69, 9.17) is 0 Å². The van der Waals surface area contributed by atoms with Gasteiger partial charge in [-0.1, -0.05) is 31.9 Å². The Balaban J connectivity index is 2.36. The highest BCUT2D eigenvalue weighted by molar-refractivity contribution is 6.03. The number of Topliss-reactive ketones (excluding diaryl/α,β-unsaturated/α-hetero) is 1. The first-order valence-electron chi connectivity index (χ1n) is 6.93. The molecule has 2 rings (SSSR count). The van der Waals surface area contributed by atoms with Gasteiger partial charge in [0.15, 0.2) is 5.78 Å². The van der Waals surface area contributed by atoms with Crippen LogP contribution in [-0.2, 0) is 0 Å². The molecule has 3 heteroatoms. The topological polar surface area (TPSA) is 20.3 Å². The van der Waals surface area contributed by atoms with Crippen molar-refractivity contribution in [3.63, 3.8) is 0 Å². The summed E-state index contributed by atoms with van der Waals surface area (Å²) >= 11 is 0. The zero-order chi connectivity index (χ0) is 14.0. The summed E-state index contributed by atoms with van der Waals surface area (Å²) in [5.41, 5.74) is 0.0219. The number of rotatable bonds is 3. The molecule has 104 valence electrons. The van der Waals surface area contributed by atoms with Crippen LogP contribution in [0.15, 0.2) is 24.3 Å². The molecule has 1 aromatic rings. The minimum absolute atomic E-state index is 0.0588. The third-order valence-corrected chi connectivity index (χ3v) is 4.34. The van der Waals surface area contributed by atoms with Crippen molar-refractivity contribution < 1.29 is 9.18 Å².